The molecular weight excluding hydrogens is 424 g/mol. The van der Waals surface area contributed by atoms with E-state index in [0.717, 1.165) is 12.1 Å². The van der Waals surface area contributed by atoms with E-state index in [2.05, 4.69) is 20.4 Å². The van der Waals surface area contributed by atoms with Gasteiger partial charge in [0.25, 0.3) is 5.91 Å². The Hall–Kier alpha value is -3.59. The van der Waals surface area contributed by atoms with E-state index < -0.39 is 11.9 Å². The summed E-state index contributed by atoms with van der Waals surface area (Å²) in [7, 11) is 0. The summed E-state index contributed by atoms with van der Waals surface area (Å²) in [6.45, 7) is 5.60. The Labute approximate surface area is 193 Å². The van der Waals surface area contributed by atoms with E-state index in [1.807, 2.05) is 13.0 Å². The van der Waals surface area contributed by atoms with Crippen molar-refractivity contribution in [3.63, 3.8) is 0 Å². The molecule has 9 nitrogen and oxygen atoms in total. The number of rotatable bonds is 10. The van der Waals surface area contributed by atoms with Crippen molar-refractivity contribution in [2.45, 2.75) is 13.3 Å². The minimum atomic E-state index is -1.12. The number of nitrogens with zero attached hydrogens (tertiary/aromatic N) is 2. The van der Waals surface area contributed by atoms with Crippen LogP contribution in [0.15, 0.2) is 48.5 Å². The summed E-state index contributed by atoms with van der Waals surface area (Å²) in [5.41, 5.74) is 1.00. The minimum absolute atomic E-state index is 0.0157. The zero-order valence-electron chi connectivity index (χ0n) is 18.8. The zero-order chi connectivity index (χ0) is 23.6. The lowest BCUT2D eigenvalue weighted by molar-refractivity contribution is -0.122. The van der Waals surface area contributed by atoms with Crippen LogP contribution in [0.5, 0.6) is 5.75 Å². The second-order valence-electron chi connectivity index (χ2n) is 7.80. The number of carbonyl (C=O) groups excluding carboxylic acids is 2. The van der Waals surface area contributed by atoms with Gasteiger partial charge >= 0.3 is 5.97 Å². The first-order valence-electron chi connectivity index (χ1n) is 11.1. The molecule has 1 fully saturated rings. The lowest BCUT2D eigenvalue weighted by Crippen LogP contribution is -2.49. The molecule has 0 spiro atoms. The molecule has 1 saturated heterocycles. The largest absolute Gasteiger partial charge is 0.484 e. The van der Waals surface area contributed by atoms with Crippen molar-refractivity contribution >= 4 is 29.2 Å². The maximum atomic E-state index is 12.3. The molecule has 2 aromatic rings. The van der Waals surface area contributed by atoms with Crippen LogP contribution < -0.4 is 20.3 Å². The van der Waals surface area contributed by atoms with Crippen LogP contribution in [-0.2, 0) is 9.59 Å². The summed E-state index contributed by atoms with van der Waals surface area (Å²) in [5, 5.41) is 15.2. The average Bonchev–Trinajstić information content (AvgIpc) is 2.83. The highest BCUT2D eigenvalue weighted by molar-refractivity contribution is 6.01. The van der Waals surface area contributed by atoms with E-state index in [-0.39, 0.29) is 23.8 Å². The van der Waals surface area contributed by atoms with E-state index in [9.17, 15) is 19.5 Å². The van der Waals surface area contributed by atoms with Crippen molar-refractivity contribution in [3.8, 4) is 5.75 Å². The van der Waals surface area contributed by atoms with Crippen LogP contribution in [0.3, 0.4) is 0 Å². The predicted molar refractivity (Wildman–Crippen MR) is 126 cm³/mol. The van der Waals surface area contributed by atoms with Gasteiger partial charge < -0.3 is 25.4 Å². The number of nitrogens with one attached hydrogen (secondary N) is 2. The number of benzene rings is 2. The Kier molecular flexibility index (Phi) is 8.65. The molecule has 0 aromatic heterocycles. The molecule has 1 heterocycles. The number of carboxylic acid groups (broad SMARTS) is 1. The Bertz CT molecular complexity index is 959. The standard InChI is InChI=1S/C24H30N4O5/c1-2-10-25-22(29)16-27-11-13-28(14-12-27)18-8-9-21(20(15-18)24(31)32)26-23(30)17-33-19-6-4-3-5-7-19/h3-9,15H,2,10-14,16-17H2,1H3,(H,25,29)(H,26,30)(H,31,32). The van der Waals surface area contributed by atoms with Gasteiger partial charge in [0, 0.05) is 38.4 Å². The number of amides is 2. The molecule has 2 aromatic carbocycles. The molecule has 0 aliphatic carbocycles. The fourth-order valence-corrected chi connectivity index (χ4v) is 3.55. The van der Waals surface area contributed by atoms with Crippen LogP contribution >= 0.6 is 0 Å². The van der Waals surface area contributed by atoms with Crippen LogP contribution in [0.2, 0.25) is 0 Å². The molecule has 0 radical (unpaired) electrons. The summed E-state index contributed by atoms with van der Waals surface area (Å²) < 4.78 is 5.42. The quantitative estimate of drug-likeness (QED) is 0.504. The zero-order valence-corrected chi connectivity index (χ0v) is 18.8. The molecule has 3 N–H and O–H groups in total. The first-order chi connectivity index (χ1) is 16.0. The van der Waals surface area contributed by atoms with Gasteiger partial charge in [-0.25, -0.2) is 4.79 Å². The van der Waals surface area contributed by atoms with Crippen LogP contribution in [-0.4, -0.2) is 73.7 Å². The number of ether oxygens (including phenoxy) is 1. The fourth-order valence-electron chi connectivity index (χ4n) is 3.55. The lowest BCUT2D eigenvalue weighted by atomic mass is 10.1. The van der Waals surface area contributed by atoms with E-state index in [4.69, 9.17) is 4.74 Å². The number of aromatic carboxylic acids is 1. The van der Waals surface area contributed by atoms with Gasteiger partial charge in [0.2, 0.25) is 5.91 Å². The molecule has 3 rings (SSSR count). The third kappa shape index (κ3) is 7.21. The maximum Gasteiger partial charge on any atom is 0.337 e. The molecule has 2 amide bonds. The third-order valence-corrected chi connectivity index (χ3v) is 5.30. The number of para-hydroxylation sites is 1. The molecule has 176 valence electrons. The normalized spacial score (nSPS) is 13.9. The van der Waals surface area contributed by atoms with Crippen LogP contribution in [0.4, 0.5) is 11.4 Å². The van der Waals surface area contributed by atoms with Gasteiger partial charge in [-0.05, 0) is 36.8 Å². The van der Waals surface area contributed by atoms with E-state index in [1.165, 1.54) is 0 Å². The van der Waals surface area contributed by atoms with Gasteiger partial charge in [-0.1, -0.05) is 25.1 Å². The summed E-state index contributed by atoms with van der Waals surface area (Å²) in [4.78, 5) is 40.2. The van der Waals surface area contributed by atoms with Crippen LogP contribution in [0.1, 0.15) is 23.7 Å². The highest BCUT2D eigenvalue weighted by Gasteiger charge is 2.21. The van der Waals surface area contributed by atoms with Crippen LogP contribution in [0, 0.1) is 0 Å². The monoisotopic (exact) mass is 454 g/mol. The number of anilines is 2. The Morgan fingerprint density at radius 2 is 1.73 bits per heavy atom. The smallest absolute Gasteiger partial charge is 0.337 e. The average molecular weight is 455 g/mol. The van der Waals surface area contributed by atoms with Crippen LogP contribution in [0.25, 0.3) is 0 Å². The van der Waals surface area contributed by atoms with Gasteiger partial charge in [-0.2, -0.15) is 0 Å². The molecule has 0 saturated carbocycles. The number of hydrogen-bond acceptors (Lipinski definition) is 6. The van der Waals surface area contributed by atoms with E-state index in [1.54, 1.807) is 42.5 Å². The molecule has 1 aliphatic rings. The first kappa shape index (κ1) is 24.1. The second-order valence-corrected chi connectivity index (χ2v) is 7.80. The molecule has 0 unspecified atom stereocenters. The lowest BCUT2D eigenvalue weighted by Gasteiger charge is -2.36. The Morgan fingerprint density at radius 1 is 1.00 bits per heavy atom. The fraction of sp³-hybridized carbons (Fsp3) is 0.375. The highest BCUT2D eigenvalue weighted by Crippen LogP contribution is 2.25. The first-order valence-corrected chi connectivity index (χ1v) is 11.1. The molecular formula is C24H30N4O5. The molecule has 0 bridgehead atoms. The Balaban J connectivity index is 1.57. The summed E-state index contributed by atoms with van der Waals surface area (Å²) >= 11 is 0. The summed E-state index contributed by atoms with van der Waals surface area (Å²) in [5.74, 6) is -0.982. The topological polar surface area (TPSA) is 111 Å². The third-order valence-electron chi connectivity index (χ3n) is 5.30. The van der Waals surface area contributed by atoms with Gasteiger partial charge in [0.1, 0.15) is 5.75 Å². The number of hydrogen-bond donors (Lipinski definition) is 3. The SMILES string of the molecule is CCCNC(=O)CN1CCN(c2ccc(NC(=O)COc3ccccc3)c(C(=O)O)c2)CC1. The maximum absolute atomic E-state index is 12.3. The van der Waals surface area contributed by atoms with E-state index >= 15 is 0 Å². The second kappa shape index (κ2) is 11.9. The number of piperazine rings is 1. The molecule has 1 aliphatic heterocycles. The van der Waals surface area contributed by atoms with Crippen molar-refractivity contribution in [1.82, 2.24) is 10.2 Å². The number of carbonyl (C=O) groups is 3. The molecule has 9 heteroatoms. The van der Waals surface area contributed by atoms with Gasteiger partial charge in [-0.15, -0.1) is 0 Å². The van der Waals surface area contributed by atoms with Crippen molar-refractivity contribution < 1.29 is 24.2 Å². The van der Waals surface area contributed by atoms with E-state index in [0.29, 0.717) is 45.0 Å². The minimum Gasteiger partial charge on any atom is -0.484 e. The van der Waals surface area contributed by atoms with Gasteiger partial charge in [0.05, 0.1) is 17.8 Å². The predicted octanol–water partition coefficient (Wildman–Crippen LogP) is 2.05. The van der Waals surface area contributed by atoms with Gasteiger partial charge in [-0.3, -0.25) is 14.5 Å². The Morgan fingerprint density at radius 3 is 2.39 bits per heavy atom. The summed E-state index contributed by atoms with van der Waals surface area (Å²) in [6, 6.07) is 13.9. The van der Waals surface area contributed by atoms with Crippen molar-refractivity contribution in [2.75, 3.05) is 56.1 Å². The summed E-state index contributed by atoms with van der Waals surface area (Å²) in [6.07, 6.45) is 0.905. The molecule has 33 heavy (non-hydrogen) atoms. The van der Waals surface area contributed by atoms with Gasteiger partial charge in [0.15, 0.2) is 6.61 Å². The number of carboxylic acids is 1. The van der Waals surface area contributed by atoms with Crippen molar-refractivity contribution in [2.24, 2.45) is 0 Å². The van der Waals surface area contributed by atoms with Crippen molar-refractivity contribution in [3.05, 3.63) is 54.1 Å². The van der Waals surface area contributed by atoms with Crippen molar-refractivity contribution in [1.29, 1.82) is 0 Å². The molecule has 0 atom stereocenters. The highest BCUT2D eigenvalue weighted by atomic mass is 16.5.